The van der Waals surface area contributed by atoms with Crippen LogP contribution in [0.1, 0.15) is 55.4 Å². The summed E-state index contributed by atoms with van der Waals surface area (Å²) in [5.41, 5.74) is 4.21. The topological polar surface area (TPSA) is 70.3 Å². The predicted molar refractivity (Wildman–Crippen MR) is 129 cm³/mol. The van der Waals surface area contributed by atoms with Crippen LogP contribution >= 0.6 is 0 Å². The van der Waals surface area contributed by atoms with Crippen molar-refractivity contribution in [2.45, 2.75) is 46.7 Å². The van der Waals surface area contributed by atoms with Gasteiger partial charge in [0, 0.05) is 25.0 Å². The lowest BCUT2D eigenvalue weighted by atomic mass is 10.0. The van der Waals surface area contributed by atoms with Gasteiger partial charge in [0.25, 0.3) is 5.91 Å². The van der Waals surface area contributed by atoms with E-state index in [-0.39, 0.29) is 23.6 Å². The minimum atomic E-state index is -0.352. The van der Waals surface area contributed by atoms with Gasteiger partial charge in [-0.2, -0.15) is 5.26 Å². The van der Waals surface area contributed by atoms with Gasteiger partial charge in [-0.3, -0.25) is 9.69 Å². The molecule has 6 heteroatoms. The second-order valence-electron chi connectivity index (χ2n) is 8.03. The number of hydrogen-bond acceptors (Lipinski definition) is 4. The number of aromatic nitrogens is 1. The molecule has 1 aromatic heterocycles. The Hall–Kier alpha value is -2.88. The number of methoxy groups -OCH3 is 1. The molecule has 0 saturated heterocycles. The highest BCUT2D eigenvalue weighted by atomic mass is 16.5. The molecular formula is C26H36N4O2. The largest absolute Gasteiger partial charge is 0.383 e. The molecule has 2 unspecified atom stereocenters. The summed E-state index contributed by atoms with van der Waals surface area (Å²) >= 11 is 0. The monoisotopic (exact) mass is 436 g/mol. The molecule has 0 spiro atoms. The zero-order valence-electron chi connectivity index (χ0n) is 20.2. The Bertz CT molecular complexity index is 952. The van der Waals surface area contributed by atoms with E-state index in [1.165, 1.54) is 0 Å². The average molecular weight is 437 g/mol. The molecule has 0 aliphatic carbocycles. The quantitative estimate of drug-likeness (QED) is 0.418. The van der Waals surface area contributed by atoms with Crippen molar-refractivity contribution in [2.75, 3.05) is 33.4 Å². The van der Waals surface area contributed by atoms with E-state index in [1.54, 1.807) is 13.2 Å². The highest BCUT2D eigenvalue weighted by molar-refractivity contribution is 6.01. The fourth-order valence-corrected chi connectivity index (χ4v) is 4.33. The van der Waals surface area contributed by atoms with Gasteiger partial charge in [-0.1, -0.05) is 44.2 Å². The average Bonchev–Trinajstić information content (AvgIpc) is 3.08. The van der Waals surface area contributed by atoms with Gasteiger partial charge in [-0.05, 0) is 57.1 Å². The molecule has 0 saturated carbocycles. The summed E-state index contributed by atoms with van der Waals surface area (Å²) < 4.78 is 7.46. The van der Waals surface area contributed by atoms with Crippen LogP contribution in [-0.2, 0) is 9.53 Å². The molecule has 2 aromatic rings. The first-order valence-electron chi connectivity index (χ1n) is 11.2. The molecule has 0 radical (unpaired) electrons. The predicted octanol–water partition coefficient (Wildman–Crippen LogP) is 4.42. The van der Waals surface area contributed by atoms with Crippen molar-refractivity contribution in [1.82, 2.24) is 14.8 Å². The number of nitriles is 1. The molecule has 1 aromatic carbocycles. The molecule has 1 N–H and O–H groups in total. The van der Waals surface area contributed by atoms with Gasteiger partial charge >= 0.3 is 0 Å². The third-order valence-electron chi connectivity index (χ3n) is 5.93. The number of likely N-dealkylation sites (N-methyl/N-ethyl adjacent to an activating group) is 1. The van der Waals surface area contributed by atoms with Crippen LogP contribution in [-0.4, -0.2) is 48.7 Å². The lowest BCUT2D eigenvalue weighted by Gasteiger charge is -2.30. The number of amides is 1. The SMILES string of the molecule is CCN(CC)C(CNC(=O)/C(C#N)=C\c1cc(C)n(C(C)COC)c1C)c1ccccc1. The van der Waals surface area contributed by atoms with E-state index in [9.17, 15) is 10.1 Å². The van der Waals surface area contributed by atoms with Crippen LogP contribution < -0.4 is 5.32 Å². The summed E-state index contributed by atoms with van der Waals surface area (Å²) in [5, 5.41) is 12.7. The standard InChI is InChI=1S/C26H36N4O2/c1-7-29(8-2)25(22-12-10-9-11-13-22)17-28-26(31)24(16-27)15-23-14-19(3)30(21(23)5)20(4)18-32-6/h9-15,20,25H,7-8,17-18H2,1-6H3,(H,28,31)/b24-15-. The van der Waals surface area contributed by atoms with Crippen LogP contribution in [0, 0.1) is 25.2 Å². The number of ether oxygens (including phenoxy) is 1. The Morgan fingerprint density at radius 2 is 1.91 bits per heavy atom. The summed E-state index contributed by atoms with van der Waals surface area (Å²) in [6, 6.07) is 14.5. The Kier molecular flexibility index (Phi) is 9.70. The number of benzene rings is 1. The molecule has 32 heavy (non-hydrogen) atoms. The fraction of sp³-hybridized carbons (Fsp3) is 0.462. The van der Waals surface area contributed by atoms with E-state index in [2.05, 4.69) is 53.8 Å². The van der Waals surface area contributed by atoms with Crippen molar-refractivity contribution in [1.29, 1.82) is 5.26 Å². The highest BCUT2D eigenvalue weighted by Crippen LogP contribution is 2.23. The van der Waals surface area contributed by atoms with Crippen molar-refractivity contribution in [3.8, 4) is 6.07 Å². The van der Waals surface area contributed by atoms with E-state index in [4.69, 9.17) is 4.74 Å². The number of nitrogens with one attached hydrogen (secondary N) is 1. The first kappa shape index (κ1) is 25.4. The molecule has 2 rings (SSSR count). The van der Waals surface area contributed by atoms with E-state index in [1.807, 2.05) is 38.1 Å². The third kappa shape index (κ3) is 6.09. The van der Waals surface area contributed by atoms with Crippen molar-refractivity contribution < 1.29 is 9.53 Å². The zero-order chi connectivity index (χ0) is 23.7. The molecule has 2 atom stereocenters. The summed E-state index contributed by atoms with van der Waals surface area (Å²) in [6.45, 7) is 13.1. The lowest BCUT2D eigenvalue weighted by Crippen LogP contribution is -2.38. The third-order valence-corrected chi connectivity index (χ3v) is 5.93. The van der Waals surface area contributed by atoms with Crippen LogP contribution in [0.5, 0.6) is 0 Å². The van der Waals surface area contributed by atoms with E-state index < -0.39 is 0 Å². The van der Waals surface area contributed by atoms with Gasteiger partial charge in [0.2, 0.25) is 0 Å². The van der Waals surface area contributed by atoms with Gasteiger partial charge in [-0.15, -0.1) is 0 Å². The number of rotatable bonds is 11. The molecule has 172 valence electrons. The Labute approximate surface area is 192 Å². The Morgan fingerprint density at radius 1 is 1.25 bits per heavy atom. The van der Waals surface area contributed by atoms with Gasteiger partial charge in [0.15, 0.2) is 0 Å². The van der Waals surface area contributed by atoms with Crippen molar-refractivity contribution >= 4 is 12.0 Å². The first-order valence-corrected chi connectivity index (χ1v) is 11.2. The number of aryl methyl sites for hydroxylation is 1. The van der Waals surface area contributed by atoms with Gasteiger partial charge < -0.3 is 14.6 Å². The van der Waals surface area contributed by atoms with Crippen LogP contribution in [0.3, 0.4) is 0 Å². The number of carbonyl (C=O) groups is 1. The number of nitrogens with zero attached hydrogens (tertiary/aromatic N) is 3. The van der Waals surface area contributed by atoms with Crippen molar-refractivity contribution in [2.24, 2.45) is 0 Å². The van der Waals surface area contributed by atoms with E-state index >= 15 is 0 Å². The zero-order valence-corrected chi connectivity index (χ0v) is 20.2. The summed E-state index contributed by atoms with van der Waals surface area (Å²) in [4.78, 5) is 15.2. The molecule has 1 amide bonds. The first-order chi connectivity index (χ1) is 15.4. The van der Waals surface area contributed by atoms with E-state index in [0.717, 1.165) is 35.6 Å². The molecule has 1 heterocycles. The van der Waals surface area contributed by atoms with Crippen LogP contribution in [0.15, 0.2) is 42.0 Å². The maximum atomic E-state index is 12.9. The van der Waals surface area contributed by atoms with Gasteiger partial charge in [0.1, 0.15) is 11.6 Å². The summed E-state index contributed by atoms with van der Waals surface area (Å²) in [6.07, 6.45) is 1.68. The lowest BCUT2D eigenvalue weighted by molar-refractivity contribution is -0.117. The molecule has 0 aliphatic rings. The van der Waals surface area contributed by atoms with Gasteiger partial charge in [-0.25, -0.2) is 0 Å². The summed E-state index contributed by atoms with van der Waals surface area (Å²) in [7, 11) is 1.69. The van der Waals surface area contributed by atoms with Crippen molar-refractivity contribution in [3.05, 3.63) is 64.5 Å². The second-order valence-corrected chi connectivity index (χ2v) is 8.03. The number of carbonyl (C=O) groups excluding carboxylic acids is 1. The Balaban J connectivity index is 2.23. The minimum absolute atomic E-state index is 0.0510. The second kappa shape index (κ2) is 12.2. The highest BCUT2D eigenvalue weighted by Gasteiger charge is 2.20. The molecular weight excluding hydrogens is 400 g/mol. The minimum Gasteiger partial charge on any atom is -0.383 e. The maximum Gasteiger partial charge on any atom is 0.262 e. The van der Waals surface area contributed by atoms with Crippen LogP contribution in [0.4, 0.5) is 0 Å². The molecule has 0 aliphatic heterocycles. The Morgan fingerprint density at radius 3 is 2.47 bits per heavy atom. The molecule has 0 fully saturated rings. The van der Waals surface area contributed by atoms with Crippen LogP contribution in [0.2, 0.25) is 0 Å². The molecule has 6 nitrogen and oxygen atoms in total. The van der Waals surface area contributed by atoms with Crippen molar-refractivity contribution in [3.63, 3.8) is 0 Å². The smallest absolute Gasteiger partial charge is 0.262 e. The molecule has 0 bridgehead atoms. The fourth-order valence-electron chi connectivity index (χ4n) is 4.33. The maximum absolute atomic E-state index is 12.9. The van der Waals surface area contributed by atoms with Gasteiger partial charge in [0.05, 0.1) is 18.7 Å². The summed E-state index contributed by atoms with van der Waals surface area (Å²) in [5.74, 6) is -0.352. The number of hydrogen-bond donors (Lipinski definition) is 1. The van der Waals surface area contributed by atoms with Crippen LogP contribution in [0.25, 0.3) is 6.08 Å². The normalized spacial score (nSPS) is 13.6. The van der Waals surface area contributed by atoms with E-state index in [0.29, 0.717) is 13.2 Å².